The van der Waals surface area contributed by atoms with Crippen molar-refractivity contribution in [1.29, 1.82) is 0 Å². The quantitative estimate of drug-likeness (QED) is 0.478. The van der Waals surface area contributed by atoms with Gasteiger partial charge in [-0.3, -0.25) is 9.59 Å². The fourth-order valence-corrected chi connectivity index (χ4v) is 2.80. The van der Waals surface area contributed by atoms with E-state index in [1.807, 2.05) is 41.8 Å². The maximum atomic E-state index is 11.8. The average Bonchev–Trinajstić information content (AvgIpc) is 3.30. The molecule has 0 unspecified atom stereocenters. The minimum Gasteiger partial charge on any atom is -0.456 e. The number of carbonyl (C=O) groups excluding carboxylic acids is 2. The number of ether oxygens (including phenoxy) is 1. The Morgan fingerprint density at radius 2 is 1.92 bits per heavy atom. The molecule has 0 aliphatic carbocycles. The van der Waals surface area contributed by atoms with Gasteiger partial charge in [-0.25, -0.2) is 4.98 Å². The van der Waals surface area contributed by atoms with Crippen molar-refractivity contribution in [3.8, 4) is 11.3 Å². The molecule has 1 aromatic carbocycles. The maximum Gasteiger partial charge on any atom is 0.306 e. The van der Waals surface area contributed by atoms with Crippen LogP contribution in [0.1, 0.15) is 28.4 Å². The van der Waals surface area contributed by atoms with Gasteiger partial charge in [-0.15, -0.1) is 11.3 Å². The van der Waals surface area contributed by atoms with E-state index in [-0.39, 0.29) is 25.2 Å². The molecule has 2 heterocycles. The Kier molecular flexibility index (Phi) is 5.18. The predicted octanol–water partition coefficient (Wildman–Crippen LogP) is 4.11. The minimum absolute atomic E-state index is 0.0428. The number of rotatable bonds is 7. The zero-order valence-electron chi connectivity index (χ0n) is 12.8. The summed E-state index contributed by atoms with van der Waals surface area (Å²) in [6.07, 6.45) is 1.78. The zero-order chi connectivity index (χ0) is 16.8. The monoisotopic (exact) mass is 341 g/mol. The van der Waals surface area contributed by atoms with E-state index in [1.54, 1.807) is 12.3 Å². The summed E-state index contributed by atoms with van der Waals surface area (Å²) in [6.45, 7) is -0.0428. The van der Waals surface area contributed by atoms with Crippen molar-refractivity contribution in [2.75, 3.05) is 0 Å². The number of oxazole rings is 1. The van der Waals surface area contributed by atoms with E-state index >= 15 is 0 Å². The van der Waals surface area contributed by atoms with Gasteiger partial charge in [-0.1, -0.05) is 36.4 Å². The molecule has 0 spiro atoms. The molecule has 3 aromatic rings. The molecule has 0 saturated carbocycles. The number of benzene rings is 1. The molecule has 5 nitrogen and oxygen atoms in total. The van der Waals surface area contributed by atoms with Crippen molar-refractivity contribution in [3.63, 3.8) is 0 Å². The molecule has 0 saturated heterocycles. The van der Waals surface area contributed by atoms with Crippen LogP contribution >= 0.6 is 11.3 Å². The number of nitrogens with zero attached hydrogens (tertiary/aromatic N) is 1. The van der Waals surface area contributed by atoms with Gasteiger partial charge in [-0.05, 0) is 11.4 Å². The Balaban J connectivity index is 1.46. The summed E-state index contributed by atoms with van der Waals surface area (Å²) >= 11 is 1.37. The SMILES string of the molecule is O=C(CCC(=O)c1cccs1)OCc1ncc(-c2ccccc2)o1. The van der Waals surface area contributed by atoms with Crippen LogP contribution in [0.3, 0.4) is 0 Å². The van der Waals surface area contributed by atoms with Crippen LogP contribution in [0, 0.1) is 0 Å². The molecule has 0 radical (unpaired) electrons. The third-order valence-electron chi connectivity index (χ3n) is 3.32. The van der Waals surface area contributed by atoms with Gasteiger partial charge in [0, 0.05) is 12.0 Å². The highest BCUT2D eigenvalue weighted by Crippen LogP contribution is 2.20. The number of carbonyl (C=O) groups is 2. The van der Waals surface area contributed by atoms with Crippen molar-refractivity contribution < 1.29 is 18.7 Å². The first kappa shape index (κ1) is 16.1. The third kappa shape index (κ3) is 4.17. The van der Waals surface area contributed by atoms with E-state index in [1.165, 1.54) is 11.3 Å². The van der Waals surface area contributed by atoms with E-state index in [2.05, 4.69) is 4.98 Å². The second-order valence-corrected chi connectivity index (χ2v) is 5.99. The lowest BCUT2D eigenvalue weighted by molar-refractivity contribution is -0.145. The van der Waals surface area contributed by atoms with Crippen molar-refractivity contribution in [1.82, 2.24) is 4.98 Å². The van der Waals surface area contributed by atoms with Gasteiger partial charge in [0.05, 0.1) is 17.5 Å². The molecule has 0 amide bonds. The van der Waals surface area contributed by atoms with E-state index in [4.69, 9.17) is 9.15 Å². The largest absolute Gasteiger partial charge is 0.456 e. The summed E-state index contributed by atoms with van der Waals surface area (Å²) in [5, 5.41) is 1.83. The van der Waals surface area contributed by atoms with Crippen LogP contribution in [0.2, 0.25) is 0 Å². The molecule has 0 aliphatic heterocycles. The molecule has 3 rings (SSSR count). The summed E-state index contributed by atoms with van der Waals surface area (Å²) in [6, 6.07) is 13.1. The zero-order valence-corrected chi connectivity index (χ0v) is 13.6. The van der Waals surface area contributed by atoms with Gasteiger partial charge in [-0.2, -0.15) is 0 Å². The fourth-order valence-electron chi connectivity index (χ4n) is 2.10. The van der Waals surface area contributed by atoms with E-state index in [0.29, 0.717) is 16.5 Å². The lowest BCUT2D eigenvalue weighted by Gasteiger charge is -2.01. The molecule has 6 heteroatoms. The van der Waals surface area contributed by atoms with Crippen LogP contribution in [0.4, 0.5) is 0 Å². The van der Waals surface area contributed by atoms with Crippen LogP contribution in [0.25, 0.3) is 11.3 Å². The summed E-state index contributed by atoms with van der Waals surface area (Å²) in [4.78, 5) is 28.3. The van der Waals surface area contributed by atoms with Crippen LogP contribution in [-0.2, 0) is 16.1 Å². The minimum atomic E-state index is -0.445. The number of esters is 1. The van der Waals surface area contributed by atoms with Gasteiger partial charge in [0.1, 0.15) is 0 Å². The Morgan fingerprint density at radius 1 is 1.08 bits per heavy atom. The fraction of sp³-hybridized carbons (Fsp3) is 0.167. The highest BCUT2D eigenvalue weighted by molar-refractivity contribution is 7.12. The molecule has 0 fully saturated rings. The predicted molar refractivity (Wildman–Crippen MR) is 89.6 cm³/mol. The molecule has 2 aromatic heterocycles. The van der Waals surface area contributed by atoms with Crippen LogP contribution < -0.4 is 0 Å². The molecule has 0 aliphatic rings. The average molecular weight is 341 g/mol. The molecule has 0 N–H and O–H groups in total. The number of Topliss-reactive ketones (excluding diaryl/α,β-unsaturated/α-hetero) is 1. The first-order chi connectivity index (χ1) is 11.7. The van der Waals surface area contributed by atoms with Crippen molar-refractivity contribution in [2.24, 2.45) is 0 Å². The summed E-state index contributed by atoms with van der Waals surface area (Å²) in [5.74, 6) is 0.449. The van der Waals surface area contributed by atoms with Gasteiger partial charge in [0.15, 0.2) is 18.2 Å². The van der Waals surface area contributed by atoms with Gasteiger partial charge >= 0.3 is 5.97 Å². The summed E-state index contributed by atoms with van der Waals surface area (Å²) in [5.41, 5.74) is 0.907. The van der Waals surface area contributed by atoms with E-state index < -0.39 is 5.97 Å². The standard InChI is InChI=1S/C18H15NO4S/c20-14(16-7-4-10-24-16)8-9-18(21)22-12-17-19-11-15(23-17)13-5-2-1-3-6-13/h1-7,10-11H,8-9,12H2. The Labute approximate surface area is 142 Å². The smallest absolute Gasteiger partial charge is 0.306 e. The summed E-state index contributed by atoms with van der Waals surface area (Å²) in [7, 11) is 0. The lowest BCUT2D eigenvalue weighted by Crippen LogP contribution is -2.07. The second kappa shape index (κ2) is 7.70. The Bertz CT molecular complexity index is 809. The van der Waals surface area contributed by atoms with Crippen molar-refractivity contribution in [3.05, 3.63) is 64.8 Å². The highest BCUT2D eigenvalue weighted by Gasteiger charge is 2.12. The maximum absolute atomic E-state index is 11.8. The molecule has 0 bridgehead atoms. The molecule has 0 atom stereocenters. The highest BCUT2D eigenvalue weighted by atomic mass is 32.1. The molecular formula is C18H15NO4S. The lowest BCUT2D eigenvalue weighted by atomic mass is 10.2. The third-order valence-corrected chi connectivity index (χ3v) is 4.23. The van der Waals surface area contributed by atoms with Crippen LogP contribution in [0.5, 0.6) is 0 Å². The Morgan fingerprint density at radius 3 is 2.67 bits per heavy atom. The molecule has 122 valence electrons. The first-order valence-electron chi connectivity index (χ1n) is 7.45. The van der Waals surface area contributed by atoms with Crippen molar-refractivity contribution >= 4 is 23.1 Å². The van der Waals surface area contributed by atoms with Gasteiger partial charge in [0.25, 0.3) is 0 Å². The topological polar surface area (TPSA) is 69.4 Å². The van der Waals surface area contributed by atoms with Crippen LogP contribution in [0.15, 0.2) is 58.5 Å². The van der Waals surface area contributed by atoms with E-state index in [9.17, 15) is 9.59 Å². The van der Waals surface area contributed by atoms with Gasteiger partial charge in [0.2, 0.25) is 5.89 Å². The molecule has 24 heavy (non-hydrogen) atoms. The Hall–Kier alpha value is -2.73. The van der Waals surface area contributed by atoms with Crippen LogP contribution in [-0.4, -0.2) is 16.7 Å². The summed E-state index contributed by atoms with van der Waals surface area (Å²) < 4.78 is 10.7. The van der Waals surface area contributed by atoms with Crippen molar-refractivity contribution in [2.45, 2.75) is 19.4 Å². The second-order valence-electron chi connectivity index (χ2n) is 5.05. The number of aromatic nitrogens is 1. The number of hydrogen-bond acceptors (Lipinski definition) is 6. The number of hydrogen-bond donors (Lipinski definition) is 0. The number of ketones is 1. The number of thiophene rings is 1. The first-order valence-corrected chi connectivity index (χ1v) is 8.33. The molecular weight excluding hydrogens is 326 g/mol. The van der Waals surface area contributed by atoms with Gasteiger partial charge < -0.3 is 9.15 Å². The van der Waals surface area contributed by atoms with E-state index in [0.717, 1.165) is 5.56 Å². The normalized spacial score (nSPS) is 10.5.